The van der Waals surface area contributed by atoms with E-state index in [-0.39, 0.29) is 0 Å². The smallest absolute Gasteiger partial charge is 0.231 e. The Balaban J connectivity index is 1.79. The number of aryl methyl sites for hydroxylation is 1. The van der Waals surface area contributed by atoms with Crippen LogP contribution in [0.15, 0.2) is 40.9 Å². The lowest BCUT2D eigenvalue weighted by Crippen LogP contribution is -2.03. The van der Waals surface area contributed by atoms with Crippen molar-refractivity contribution in [3.05, 3.63) is 52.0 Å². The standard InChI is InChI=1S/C16H16BrNO2/c1-2-11-8-13(17)6-7-14(11)18-9-12-4-3-5-15-16(12)20-10-19-15/h3-8,18H,2,9-10H2,1H3. The topological polar surface area (TPSA) is 30.5 Å². The van der Waals surface area contributed by atoms with Crippen LogP contribution in [0.5, 0.6) is 11.5 Å². The molecule has 0 fully saturated rings. The van der Waals surface area contributed by atoms with Crippen molar-refractivity contribution >= 4 is 21.6 Å². The average Bonchev–Trinajstić information content (AvgIpc) is 2.94. The van der Waals surface area contributed by atoms with E-state index in [1.165, 1.54) is 5.56 Å². The van der Waals surface area contributed by atoms with Crippen molar-refractivity contribution in [1.29, 1.82) is 0 Å². The number of halogens is 1. The number of rotatable bonds is 4. The minimum atomic E-state index is 0.310. The first kappa shape index (κ1) is 13.3. The number of hydrogen-bond donors (Lipinski definition) is 1. The summed E-state index contributed by atoms with van der Waals surface area (Å²) in [6.07, 6.45) is 0.994. The molecule has 0 aliphatic carbocycles. The van der Waals surface area contributed by atoms with Crippen molar-refractivity contribution < 1.29 is 9.47 Å². The number of nitrogens with one attached hydrogen (secondary N) is 1. The number of benzene rings is 2. The highest BCUT2D eigenvalue weighted by Gasteiger charge is 2.16. The van der Waals surface area contributed by atoms with Crippen LogP contribution in [0.1, 0.15) is 18.1 Å². The summed E-state index contributed by atoms with van der Waals surface area (Å²) in [5.41, 5.74) is 3.57. The largest absolute Gasteiger partial charge is 0.454 e. The molecule has 0 unspecified atom stereocenters. The van der Waals surface area contributed by atoms with Crippen LogP contribution in [0.4, 0.5) is 5.69 Å². The SMILES string of the molecule is CCc1cc(Br)ccc1NCc1cccc2c1OCO2. The Morgan fingerprint density at radius 2 is 2.05 bits per heavy atom. The second-order valence-corrected chi connectivity index (χ2v) is 5.58. The third-order valence-electron chi connectivity index (χ3n) is 3.40. The van der Waals surface area contributed by atoms with Gasteiger partial charge in [-0.3, -0.25) is 0 Å². The molecule has 1 aliphatic heterocycles. The number of anilines is 1. The van der Waals surface area contributed by atoms with Gasteiger partial charge >= 0.3 is 0 Å². The molecule has 1 N–H and O–H groups in total. The maximum absolute atomic E-state index is 5.52. The zero-order valence-corrected chi connectivity index (χ0v) is 12.9. The van der Waals surface area contributed by atoms with E-state index >= 15 is 0 Å². The van der Waals surface area contributed by atoms with Gasteiger partial charge in [0.15, 0.2) is 11.5 Å². The van der Waals surface area contributed by atoms with Crippen molar-refractivity contribution in [2.75, 3.05) is 12.1 Å². The zero-order chi connectivity index (χ0) is 13.9. The van der Waals surface area contributed by atoms with Gasteiger partial charge in [0.25, 0.3) is 0 Å². The van der Waals surface area contributed by atoms with Gasteiger partial charge < -0.3 is 14.8 Å². The molecule has 2 aromatic carbocycles. The second kappa shape index (κ2) is 5.75. The van der Waals surface area contributed by atoms with Crippen LogP contribution in [0.25, 0.3) is 0 Å². The maximum Gasteiger partial charge on any atom is 0.231 e. The lowest BCUT2D eigenvalue weighted by atomic mass is 10.1. The fraction of sp³-hybridized carbons (Fsp3) is 0.250. The quantitative estimate of drug-likeness (QED) is 0.902. The summed E-state index contributed by atoms with van der Waals surface area (Å²) < 4.78 is 12.0. The third kappa shape index (κ3) is 2.61. The van der Waals surface area contributed by atoms with Crippen LogP contribution in [0.2, 0.25) is 0 Å². The molecule has 0 saturated heterocycles. The van der Waals surface area contributed by atoms with E-state index in [9.17, 15) is 0 Å². The molecule has 1 aliphatic rings. The fourth-order valence-electron chi connectivity index (χ4n) is 2.35. The van der Waals surface area contributed by atoms with Crippen molar-refractivity contribution in [3.8, 4) is 11.5 Å². The summed E-state index contributed by atoms with van der Waals surface area (Å²) in [6, 6.07) is 12.3. The van der Waals surface area contributed by atoms with Gasteiger partial charge in [-0.2, -0.15) is 0 Å². The van der Waals surface area contributed by atoms with Gasteiger partial charge in [0.05, 0.1) is 0 Å². The van der Waals surface area contributed by atoms with E-state index in [1.807, 2.05) is 12.1 Å². The molecule has 3 nitrogen and oxygen atoms in total. The van der Waals surface area contributed by atoms with Gasteiger partial charge in [-0.05, 0) is 36.2 Å². The highest BCUT2D eigenvalue weighted by Crippen LogP contribution is 2.35. The Hall–Kier alpha value is -1.68. The highest BCUT2D eigenvalue weighted by molar-refractivity contribution is 9.10. The molecule has 0 amide bonds. The summed E-state index contributed by atoms with van der Waals surface area (Å²) in [6.45, 7) is 3.19. The number of hydrogen-bond acceptors (Lipinski definition) is 3. The van der Waals surface area contributed by atoms with Crippen molar-refractivity contribution in [2.24, 2.45) is 0 Å². The first-order valence-corrected chi connectivity index (χ1v) is 7.47. The molecule has 0 spiro atoms. The van der Waals surface area contributed by atoms with E-state index in [0.717, 1.165) is 40.2 Å². The molecule has 4 heteroatoms. The van der Waals surface area contributed by atoms with Crippen LogP contribution in [-0.4, -0.2) is 6.79 Å². The molecule has 0 atom stereocenters. The van der Waals surface area contributed by atoms with Crippen LogP contribution < -0.4 is 14.8 Å². The van der Waals surface area contributed by atoms with Crippen LogP contribution in [0, 0.1) is 0 Å². The third-order valence-corrected chi connectivity index (χ3v) is 3.89. The monoisotopic (exact) mass is 333 g/mol. The number of ether oxygens (including phenoxy) is 2. The normalized spacial score (nSPS) is 12.5. The molecule has 0 radical (unpaired) electrons. The molecule has 3 rings (SSSR count). The average molecular weight is 334 g/mol. The molecule has 0 saturated carbocycles. The summed E-state index contributed by atoms with van der Waals surface area (Å²) >= 11 is 3.51. The lowest BCUT2D eigenvalue weighted by molar-refractivity contribution is 0.173. The second-order valence-electron chi connectivity index (χ2n) is 4.66. The van der Waals surface area contributed by atoms with Crippen LogP contribution in [0.3, 0.4) is 0 Å². The van der Waals surface area contributed by atoms with Crippen LogP contribution >= 0.6 is 15.9 Å². The van der Waals surface area contributed by atoms with Crippen molar-refractivity contribution in [2.45, 2.75) is 19.9 Å². The van der Waals surface area contributed by atoms with E-state index < -0.39 is 0 Å². The van der Waals surface area contributed by atoms with Crippen molar-refractivity contribution in [1.82, 2.24) is 0 Å². The van der Waals surface area contributed by atoms with Crippen molar-refractivity contribution in [3.63, 3.8) is 0 Å². The first-order valence-electron chi connectivity index (χ1n) is 6.67. The molecular weight excluding hydrogens is 318 g/mol. The van der Waals surface area contributed by atoms with Gasteiger partial charge in [0.1, 0.15) is 0 Å². The summed E-state index contributed by atoms with van der Waals surface area (Å²) in [7, 11) is 0. The van der Waals surface area contributed by atoms with Gasteiger partial charge in [-0.15, -0.1) is 0 Å². The minimum absolute atomic E-state index is 0.310. The highest BCUT2D eigenvalue weighted by atomic mass is 79.9. The number of para-hydroxylation sites is 1. The molecule has 0 aromatic heterocycles. The molecule has 2 aromatic rings. The summed E-state index contributed by atoms with van der Waals surface area (Å²) in [5, 5.41) is 3.48. The summed E-state index contributed by atoms with van der Waals surface area (Å²) in [4.78, 5) is 0. The van der Waals surface area contributed by atoms with E-state index in [1.54, 1.807) is 0 Å². The fourth-order valence-corrected chi connectivity index (χ4v) is 2.76. The number of fused-ring (bicyclic) bond motifs is 1. The van der Waals surface area contributed by atoms with E-state index in [0.29, 0.717) is 6.79 Å². The molecule has 104 valence electrons. The van der Waals surface area contributed by atoms with Gasteiger partial charge in [-0.25, -0.2) is 0 Å². The minimum Gasteiger partial charge on any atom is -0.454 e. The zero-order valence-electron chi connectivity index (χ0n) is 11.3. The Labute approximate surface area is 127 Å². The summed E-state index contributed by atoms with van der Waals surface area (Å²) in [5.74, 6) is 1.69. The molecular formula is C16H16BrNO2. The van der Waals surface area contributed by atoms with Gasteiger partial charge in [-0.1, -0.05) is 35.0 Å². The predicted molar refractivity (Wildman–Crippen MR) is 83.4 cm³/mol. The molecule has 1 heterocycles. The Morgan fingerprint density at radius 1 is 1.15 bits per heavy atom. The predicted octanol–water partition coefficient (Wildman–Crippen LogP) is 4.35. The van der Waals surface area contributed by atoms with Crippen LogP contribution in [-0.2, 0) is 13.0 Å². The maximum atomic E-state index is 5.52. The first-order chi connectivity index (χ1) is 9.78. The lowest BCUT2D eigenvalue weighted by Gasteiger charge is -2.12. The van der Waals surface area contributed by atoms with Gasteiger partial charge in [0.2, 0.25) is 6.79 Å². The van der Waals surface area contributed by atoms with E-state index in [2.05, 4.69) is 52.4 Å². The molecule has 20 heavy (non-hydrogen) atoms. The van der Waals surface area contributed by atoms with Gasteiger partial charge in [0, 0.05) is 22.3 Å². The Kier molecular flexibility index (Phi) is 3.83. The Morgan fingerprint density at radius 3 is 2.90 bits per heavy atom. The Bertz CT molecular complexity index is 628. The van der Waals surface area contributed by atoms with E-state index in [4.69, 9.17) is 9.47 Å². The molecule has 0 bridgehead atoms.